The highest BCUT2D eigenvalue weighted by Crippen LogP contribution is 2.36. The van der Waals surface area contributed by atoms with E-state index in [1.807, 2.05) is 25.1 Å². The van der Waals surface area contributed by atoms with Crippen molar-refractivity contribution >= 4 is 11.6 Å². The van der Waals surface area contributed by atoms with Crippen LogP contribution >= 0.6 is 11.6 Å². The minimum Gasteiger partial charge on any atom is -0.496 e. The van der Waals surface area contributed by atoms with Crippen molar-refractivity contribution < 1.29 is 14.0 Å². The Morgan fingerprint density at radius 3 is 2.87 bits per heavy atom. The summed E-state index contributed by atoms with van der Waals surface area (Å²) in [6, 6.07) is 5.68. The first kappa shape index (κ1) is 16.2. The zero-order chi connectivity index (χ0) is 16.4. The van der Waals surface area contributed by atoms with E-state index in [0.717, 1.165) is 24.3 Å². The molecule has 7 heteroatoms. The van der Waals surface area contributed by atoms with Crippen LogP contribution < -0.4 is 4.74 Å². The maximum Gasteiger partial charge on any atom is 0.244 e. The van der Waals surface area contributed by atoms with Gasteiger partial charge in [0.2, 0.25) is 5.89 Å². The number of methoxy groups -OCH3 is 2. The lowest BCUT2D eigenvalue weighted by atomic mass is 10.1. The first-order valence-corrected chi connectivity index (χ1v) is 7.88. The van der Waals surface area contributed by atoms with Gasteiger partial charge < -0.3 is 14.0 Å². The number of halogens is 1. The summed E-state index contributed by atoms with van der Waals surface area (Å²) in [5.41, 5.74) is 0.953. The molecule has 3 rings (SSSR count). The lowest BCUT2D eigenvalue weighted by Crippen LogP contribution is -2.25. The Labute approximate surface area is 140 Å². The molecule has 23 heavy (non-hydrogen) atoms. The molecule has 6 nitrogen and oxygen atoms in total. The van der Waals surface area contributed by atoms with Crippen LogP contribution in [0.3, 0.4) is 0 Å². The Bertz CT molecular complexity index is 676. The minimum absolute atomic E-state index is 0.0159. The van der Waals surface area contributed by atoms with E-state index in [-0.39, 0.29) is 12.1 Å². The van der Waals surface area contributed by atoms with Crippen LogP contribution in [0.1, 0.15) is 29.7 Å². The second kappa shape index (κ2) is 6.86. The van der Waals surface area contributed by atoms with E-state index in [4.69, 9.17) is 25.6 Å². The van der Waals surface area contributed by atoms with E-state index in [9.17, 15) is 0 Å². The van der Waals surface area contributed by atoms with E-state index in [1.165, 1.54) is 0 Å². The number of aromatic nitrogens is 2. The fourth-order valence-corrected chi connectivity index (χ4v) is 3.22. The third-order valence-corrected chi connectivity index (χ3v) is 4.54. The average molecular weight is 338 g/mol. The van der Waals surface area contributed by atoms with Gasteiger partial charge in [0.1, 0.15) is 5.75 Å². The van der Waals surface area contributed by atoms with Gasteiger partial charge in [-0.3, -0.25) is 4.90 Å². The summed E-state index contributed by atoms with van der Waals surface area (Å²) in [6.45, 7) is 3.23. The molecule has 1 saturated heterocycles. The number of aryl methyl sites for hydroxylation is 1. The molecular weight excluding hydrogens is 318 g/mol. The molecule has 0 aliphatic carbocycles. The first-order valence-electron chi connectivity index (χ1n) is 7.50. The molecule has 0 bridgehead atoms. The number of hydrogen-bond acceptors (Lipinski definition) is 6. The van der Waals surface area contributed by atoms with Gasteiger partial charge in [0.15, 0.2) is 5.82 Å². The second-order valence-electron chi connectivity index (χ2n) is 5.64. The molecule has 0 spiro atoms. The zero-order valence-electron chi connectivity index (χ0n) is 13.5. The third kappa shape index (κ3) is 3.34. The van der Waals surface area contributed by atoms with Gasteiger partial charge in [-0.15, -0.1) is 0 Å². The van der Waals surface area contributed by atoms with Crippen LogP contribution in [0.15, 0.2) is 22.7 Å². The van der Waals surface area contributed by atoms with Gasteiger partial charge in [-0.25, -0.2) is 0 Å². The molecule has 0 saturated carbocycles. The first-order chi connectivity index (χ1) is 11.1. The summed E-state index contributed by atoms with van der Waals surface area (Å²) in [7, 11) is 3.37. The van der Waals surface area contributed by atoms with E-state index < -0.39 is 0 Å². The van der Waals surface area contributed by atoms with Crippen molar-refractivity contribution in [3.05, 3.63) is 40.5 Å². The lowest BCUT2D eigenvalue weighted by molar-refractivity contribution is 0.107. The van der Waals surface area contributed by atoms with Crippen molar-refractivity contribution in [2.75, 3.05) is 20.8 Å². The van der Waals surface area contributed by atoms with Crippen molar-refractivity contribution in [1.29, 1.82) is 0 Å². The molecule has 1 fully saturated rings. The fraction of sp³-hybridized carbons (Fsp3) is 0.500. The Kier molecular flexibility index (Phi) is 4.84. The monoisotopic (exact) mass is 337 g/mol. The van der Waals surface area contributed by atoms with Crippen molar-refractivity contribution in [2.24, 2.45) is 0 Å². The molecule has 0 radical (unpaired) electrons. The van der Waals surface area contributed by atoms with Gasteiger partial charge in [0.05, 0.1) is 19.3 Å². The molecule has 2 atom stereocenters. The van der Waals surface area contributed by atoms with Crippen LogP contribution in [0.5, 0.6) is 5.75 Å². The van der Waals surface area contributed by atoms with E-state index in [2.05, 4.69) is 15.0 Å². The largest absolute Gasteiger partial charge is 0.496 e. The molecule has 0 unspecified atom stereocenters. The standard InChI is InChI=1S/C16H20ClN3O3/c1-10-18-16(23-19-10)14-7-11(21-2)8-20(14)9-12-13(17)5-4-6-15(12)22-3/h4-6,11,14H,7-9H2,1-3H3/t11-,14+/m0/s1. The van der Waals surface area contributed by atoms with Crippen LogP contribution in [0.2, 0.25) is 5.02 Å². The number of likely N-dealkylation sites (tertiary alicyclic amines) is 1. The number of hydrogen-bond donors (Lipinski definition) is 0. The van der Waals surface area contributed by atoms with Crippen LogP contribution in [-0.4, -0.2) is 41.9 Å². The maximum absolute atomic E-state index is 6.37. The molecule has 1 aromatic heterocycles. The summed E-state index contributed by atoms with van der Waals surface area (Å²) >= 11 is 6.37. The zero-order valence-corrected chi connectivity index (χ0v) is 14.2. The van der Waals surface area contributed by atoms with Gasteiger partial charge in [-0.2, -0.15) is 4.98 Å². The van der Waals surface area contributed by atoms with Gasteiger partial charge in [-0.05, 0) is 25.5 Å². The highest BCUT2D eigenvalue weighted by atomic mass is 35.5. The number of ether oxygens (including phenoxy) is 2. The SMILES string of the molecule is COc1cccc(Cl)c1CN1C[C@@H](OC)C[C@@H]1c1nc(C)no1. The summed E-state index contributed by atoms with van der Waals surface area (Å²) < 4.78 is 16.3. The molecule has 1 aliphatic rings. The molecule has 0 N–H and O–H groups in total. The number of benzene rings is 1. The summed E-state index contributed by atoms with van der Waals surface area (Å²) in [4.78, 5) is 6.62. The maximum atomic E-state index is 6.37. The van der Waals surface area contributed by atoms with Crippen molar-refractivity contribution in [2.45, 2.75) is 32.0 Å². The van der Waals surface area contributed by atoms with Gasteiger partial charge >= 0.3 is 0 Å². The Morgan fingerprint density at radius 2 is 2.22 bits per heavy atom. The highest BCUT2D eigenvalue weighted by molar-refractivity contribution is 6.31. The summed E-state index contributed by atoms with van der Waals surface area (Å²) in [5, 5.41) is 4.59. The molecule has 1 aliphatic heterocycles. The Hall–Kier alpha value is -1.63. The smallest absolute Gasteiger partial charge is 0.244 e. The molecular formula is C16H20ClN3O3. The van der Waals surface area contributed by atoms with Crippen molar-refractivity contribution in [1.82, 2.24) is 15.0 Å². The van der Waals surface area contributed by atoms with Crippen LogP contribution in [0.4, 0.5) is 0 Å². The fourth-order valence-electron chi connectivity index (χ4n) is 3.00. The molecule has 1 aromatic carbocycles. The average Bonchev–Trinajstić information content (AvgIpc) is 3.15. The van der Waals surface area contributed by atoms with Crippen molar-refractivity contribution in [3.8, 4) is 5.75 Å². The topological polar surface area (TPSA) is 60.6 Å². The highest BCUT2D eigenvalue weighted by Gasteiger charge is 2.37. The lowest BCUT2D eigenvalue weighted by Gasteiger charge is -2.23. The second-order valence-corrected chi connectivity index (χ2v) is 6.05. The molecule has 2 heterocycles. The number of nitrogens with zero attached hydrogens (tertiary/aromatic N) is 3. The van der Waals surface area contributed by atoms with Crippen LogP contribution in [0, 0.1) is 6.92 Å². The number of rotatable bonds is 5. The Morgan fingerprint density at radius 1 is 1.39 bits per heavy atom. The minimum atomic E-state index is 0.0159. The molecule has 0 amide bonds. The normalized spacial score (nSPS) is 21.7. The third-order valence-electron chi connectivity index (χ3n) is 4.18. The predicted octanol–water partition coefficient (Wildman–Crippen LogP) is 3.00. The van der Waals surface area contributed by atoms with Gasteiger partial charge in [0.25, 0.3) is 0 Å². The van der Waals surface area contributed by atoms with E-state index in [0.29, 0.717) is 23.3 Å². The molecule has 2 aromatic rings. The predicted molar refractivity (Wildman–Crippen MR) is 85.6 cm³/mol. The quantitative estimate of drug-likeness (QED) is 0.836. The van der Waals surface area contributed by atoms with Crippen LogP contribution in [0.25, 0.3) is 0 Å². The summed E-state index contributed by atoms with van der Waals surface area (Å²) in [6.07, 6.45) is 0.936. The summed E-state index contributed by atoms with van der Waals surface area (Å²) in [5.74, 6) is 2.03. The van der Waals surface area contributed by atoms with Gasteiger partial charge in [0, 0.05) is 30.8 Å². The molecule has 124 valence electrons. The van der Waals surface area contributed by atoms with E-state index in [1.54, 1.807) is 14.2 Å². The van der Waals surface area contributed by atoms with Gasteiger partial charge in [-0.1, -0.05) is 22.8 Å². The Balaban J connectivity index is 1.88. The van der Waals surface area contributed by atoms with Crippen molar-refractivity contribution in [3.63, 3.8) is 0 Å². The van der Waals surface area contributed by atoms with E-state index >= 15 is 0 Å². The van der Waals surface area contributed by atoms with Crippen LogP contribution in [-0.2, 0) is 11.3 Å².